The Morgan fingerprint density at radius 3 is 2.67 bits per heavy atom. The van der Waals surface area contributed by atoms with Crippen LogP contribution in [-0.4, -0.2) is 18.3 Å². The Morgan fingerprint density at radius 1 is 1.27 bits per heavy atom. The van der Waals surface area contributed by atoms with Gasteiger partial charge in [-0.3, -0.25) is 19.7 Å². The van der Waals surface area contributed by atoms with Gasteiger partial charge in [-0.2, -0.15) is 0 Å². The van der Waals surface area contributed by atoms with Gasteiger partial charge in [0.25, 0.3) is 18.3 Å². The van der Waals surface area contributed by atoms with Crippen molar-refractivity contribution in [2.75, 3.05) is 5.73 Å². The Morgan fingerprint density at radius 2 is 2.00 bits per heavy atom. The minimum Gasteiger partial charge on any atom is -0.426 e. The lowest BCUT2D eigenvalue weighted by atomic mass is 10.1. The summed E-state index contributed by atoms with van der Waals surface area (Å²) in [6.07, 6.45) is 0. The van der Waals surface area contributed by atoms with Gasteiger partial charge in [-0.1, -0.05) is 0 Å². The highest BCUT2D eigenvalue weighted by Gasteiger charge is 2.31. The molecule has 2 amide bonds. The van der Waals surface area contributed by atoms with Crippen molar-refractivity contribution in [3.63, 3.8) is 0 Å². The van der Waals surface area contributed by atoms with E-state index in [9.17, 15) is 14.4 Å². The number of rotatable bonds is 2. The van der Waals surface area contributed by atoms with E-state index in [2.05, 4.69) is 10.1 Å². The monoisotopic (exact) mass is 206 g/mol. The summed E-state index contributed by atoms with van der Waals surface area (Å²) in [5, 5.41) is 2.08. The molecular weight excluding hydrogens is 200 g/mol. The number of amides is 2. The van der Waals surface area contributed by atoms with Gasteiger partial charge in [-0.15, -0.1) is 0 Å². The first-order chi connectivity index (χ1) is 7.15. The SMILES string of the molecule is Nc1ccc2c(c1OC=O)C(=O)NC2=O. The fraction of sp³-hybridized carbons (Fsp3) is 0. The number of ether oxygens (including phenoxy) is 1. The number of carbonyl (C=O) groups excluding carboxylic acids is 3. The van der Waals surface area contributed by atoms with Gasteiger partial charge in [-0.25, -0.2) is 0 Å². The lowest BCUT2D eigenvalue weighted by molar-refractivity contribution is -0.120. The lowest BCUT2D eigenvalue weighted by Crippen LogP contribution is -2.20. The summed E-state index contributed by atoms with van der Waals surface area (Å²) in [4.78, 5) is 32.8. The van der Waals surface area contributed by atoms with E-state index in [1.165, 1.54) is 12.1 Å². The van der Waals surface area contributed by atoms with Gasteiger partial charge in [0.05, 0.1) is 16.8 Å². The van der Waals surface area contributed by atoms with Crippen LogP contribution in [0.4, 0.5) is 5.69 Å². The maximum Gasteiger partial charge on any atom is 0.298 e. The van der Waals surface area contributed by atoms with Crippen LogP contribution in [0.2, 0.25) is 0 Å². The van der Waals surface area contributed by atoms with Crippen LogP contribution in [0, 0.1) is 0 Å². The largest absolute Gasteiger partial charge is 0.426 e. The molecule has 6 nitrogen and oxygen atoms in total. The lowest BCUT2D eigenvalue weighted by Gasteiger charge is -2.05. The Kier molecular flexibility index (Phi) is 1.89. The van der Waals surface area contributed by atoms with Crippen molar-refractivity contribution in [3.8, 4) is 5.75 Å². The second-order valence-electron chi connectivity index (χ2n) is 2.90. The van der Waals surface area contributed by atoms with Crippen molar-refractivity contribution in [1.29, 1.82) is 0 Å². The fourth-order valence-electron chi connectivity index (χ4n) is 1.42. The Balaban J connectivity index is 2.69. The summed E-state index contributed by atoms with van der Waals surface area (Å²) in [6.45, 7) is 0.155. The predicted molar refractivity (Wildman–Crippen MR) is 49.3 cm³/mol. The van der Waals surface area contributed by atoms with Gasteiger partial charge in [0.2, 0.25) is 0 Å². The molecule has 1 aliphatic heterocycles. The summed E-state index contributed by atoms with van der Waals surface area (Å²) in [7, 11) is 0. The topological polar surface area (TPSA) is 98.5 Å². The van der Waals surface area contributed by atoms with Gasteiger partial charge >= 0.3 is 0 Å². The zero-order valence-corrected chi connectivity index (χ0v) is 7.44. The van der Waals surface area contributed by atoms with Crippen LogP contribution < -0.4 is 15.8 Å². The van der Waals surface area contributed by atoms with Gasteiger partial charge in [0, 0.05) is 0 Å². The minimum atomic E-state index is -0.612. The standard InChI is InChI=1S/C9H6N2O4/c10-5-2-1-4-6(7(5)15-3-12)9(14)11-8(4)13/h1-3H,10H2,(H,11,13,14). The van der Waals surface area contributed by atoms with E-state index < -0.39 is 11.8 Å². The van der Waals surface area contributed by atoms with Crippen molar-refractivity contribution >= 4 is 24.0 Å². The summed E-state index contributed by atoms with van der Waals surface area (Å²) in [6, 6.07) is 2.80. The molecule has 0 bridgehead atoms. The quantitative estimate of drug-likeness (QED) is 0.392. The first-order valence-electron chi connectivity index (χ1n) is 4.03. The average Bonchev–Trinajstić information content (AvgIpc) is 2.47. The van der Waals surface area contributed by atoms with Crippen LogP contribution in [-0.2, 0) is 4.79 Å². The number of fused-ring (bicyclic) bond motifs is 1. The van der Waals surface area contributed by atoms with Crippen LogP contribution in [0.5, 0.6) is 5.75 Å². The number of benzene rings is 1. The summed E-state index contributed by atoms with van der Waals surface area (Å²) in [5.41, 5.74) is 5.81. The molecule has 0 radical (unpaired) electrons. The second-order valence-corrected chi connectivity index (χ2v) is 2.90. The number of hydrogen-bond acceptors (Lipinski definition) is 5. The molecule has 0 unspecified atom stereocenters. The average molecular weight is 206 g/mol. The first kappa shape index (κ1) is 9.20. The molecule has 0 aliphatic carbocycles. The van der Waals surface area contributed by atoms with Crippen LogP contribution in [0.1, 0.15) is 20.7 Å². The molecule has 2 rings (SSSR count). The zero-order valence-electron chi connectivity index (χ0n) is 7.44. The molecule has 0 spiro atoms. The van der Waals surface area contributed by atoms with Crippen LogP contribution in [0.15, 0.2) is 12.1 Å². The van der Waals surface area contributed by atoms with Crippen LogP contribution in [0.3, 0.4) is 0 Å². The Hall–Kier alpha value is -2.37. The third kappa shape index (κ3) is 1.23. The molecule has 1 aromatic rings. The molecule has 6 heteroatoms. The smallest absolute Gasteiger partial charge is 0.298 e. The van der Waals surface area contributed by atoms with Crippen LogP contribution in [0.25, 0.3) is 0 Å². The maximum atomic E-state index is 11.3. The molecule has 1 aliphatic rings. The molecule has 1 aromatic carbocycles. The summed E-state index contributed by atoms with van der Waals surface area (Å²) < 4.78 is 4.58. The predicted octanol–water partition coefficient (Wildman–Crippen LogP) is -0.312. The van der Waals surface area contributed by atoms with Crippen molar-refractivity contribution in [2.45, 2.75) is 0 Å². The highest BCUT2D eigenvalue weighted by Crippen LogP contribution is 2.31. The first-order valence-corrected chi connectivity index (χ1v) is 4.03. The molecular formula is C9H6N2O4. The minimum absolute atomic E-state index is 0.00657. The highest BCUT2D eigenvalue weighted by molar-refractivity contribution is 6.23. The summed E-state index contributed by atoms with van der Waals surface area (Å²) in [5.74, 6) is -1.21. The maximum absolute atomic E-state index is 11.3. The van der Waals surface area contributed by atoms with E-state index in [0.717, 1.165) is 0 Å². The molecule has 0 aromatic heterocycles. The number of nitrogens with two attached hydrogens (primary N) is 1. The zero-order chi connectivity index (χ0) is 11.0. The number of anilines is 1. The van der Waals surface area contributed by atoms with E-state index in [4.69, 9.17) is 5.73 Å². The van der Waals surface area contributed by atoms with Gasteiger partial charge in [0.15, 0.2) is 5.75 Å². The normalized spacial score (nSPS) is 13.3. The molecule has 0 atom stereocenters. The van der Waals surface area contributed by atoms with Crippen molar-refractivity contribution < 1.29 is 19.1 Å². The van der Waals surface area contributed by atoms with Gasteiger partial charge < -0.3 is 10.5 Å². The van der Waals surface area contributed by atoms with Crippen molar-refractivity contribution in [1.82, 2.24) is 5.32 Å². The fourth-order valence-corrected chi connectivity index (χ4v) is 1.42. The van der Waals surface area contributed by atoms with E-state index in [1.54, 1.807) is 0 Å². The Labute approximate surface area is 84.0 Å². The van der Waals surface area contributed by atoms with E-state index >= 15 is 0 Å². The number of nitrogens with one attached hydrogen (secondary N) is 1. The Bertz CT molecular complexity index is 481. The summed E-state index contributed by atoms with van der Waals surface area (Å²) >= 11 is 0. The van der Waals surface area contributed by atoms with Crippen molar-refractivity contribution in [3.05, 3.63) is 23.3 Å². The second kappa shape index (κ2) is 3.09. The molecule has 0 fully saturated rings. The van der Waals surface area contributed by atoms with Gasteiger partial charge in [0.1, 0.15) is 0 Å². The van der Waals surface area contributed by atoms with E-state index in [0.29, 0.717) is 0 Å². The number of imide groups is 1. The number of carbonyl (C=O) groups is 3. The number of hydrogen-bond donors (Lipinski definition) is 2. The molecule has 0 saturated heterocycles. The van der Waals surface area contributed by atoms with E-state index in [1.807, 2.05) is 0 Å². The number of nitrogen functional groups attached to an aromatic ring is 1. The van der Waals surface area contributed by atoms with Gasteiger partial charge in [-0.05, 0) is 12.1 Å². The van der Waals surface area contributed by atoms with E-state index in [-0.39, 0.29) is 29.0 Å². The van der Waals surface area contributed by atoms with Crippen molar-refractivity contribution in [2.24, 2.45) is 0 Å². The third-order valence-electron chi connectivity index (χ3n) is 2.05. The molecule has 0 saturated carbocycles. The molecule has 3 N–H and O–H groups in total. The highest BCUT2D eigenvalue weighted by atomic mass is 16.5. The molecule has 76 valence electrons. The van der Waals surface area contributed by atoms with Crippen LogP contribution >= 0.6 is 0 Å². The molecule has 1 heterocycles. The molecule has 15 heavy (non-hydrogen) atoms. The third-order valence-corrected chi connectivity index (χ3v) is 2.05.